The van der Waals surface area contributed by atoms with E-state index >= 15 is 0 Å². The van der Waals surface area contributed by atoms with Crippen LogP contribution < -0.4 is 5.73 Å². The van der Waals surface area contributed by atoms with Gasteiger partial charge in [-0.05, 0) is 18.8 Å². The van der Waals surface area contributed by atoms with Gasteiger partial charge in [0.05, 0.1) is 12.1 Å². The molecule has 3 aliphatic rings. The zero-order chi connectivity index (χ0) is 14.1. The quantitative estimate of drug-likeness (QED) is 0.832. The van der Waals surface area contributed by atoms with Crippen LogP contribution in [-0.4, -0.2) is 47.9 Å². The molecule has 5 nitrogen and oxygen atoms in total. The van der Waals surface area contributed by atoms with Crippen molar-refractivity contribution in [1.29, 1.82) is 0 Å². The van der Waals surface area contributed by atoms with Crippen molar-refractivity contribution in [1.82, 2.24) is 4.90 Å². The number of fused-ring (bicyclic) bond motifs is 1. The predicted molar refractivity (Wildman–Crippen MR) is 74.0 cm³/mol. The molecule has 1 saturated carbocycles. The number of ether oxygens (including phenoxy) is 1. The molecule has 3 atom stereocenters. The molecular formula is C15H24N2O3. The highest BCUT2D eigenvalue weighted by Gasteiger charge is 2.47. The van der Waals surface area contributed by atoms with E-state index in [0.717, 1.165) is 12.8 Å². The van der Waals surface area contributed by atoms with Crippen LogP contribution in [0.3, 0.4) is 0 Å². The van der Waals surface area contributed by atoms with E-state index < -0.39 is 6.04 Å². The Morgan fingerprint density at radius 2 is 2.05 bits per heavy atom. The molecule has 2 heterocycles. The van der Waals surface area contributed by atoms with Crippen molar-refractivity contribution < 1.29 is 14.3 Å². The first-order valence-corrected chi connectivity index (χ1v) is 7.87. The second kappa shape index (κ2) is 5.82. The molecule has 2 aliphatic heterocycles. The molecule has 2 N–H and O–H groups in total. The van der Waals surface area contributed by atoms with E-state index in [1.54, 1.807) is 4.90 Å². The van der Waals surface area contributed by atoms with Crippen molar-refractivity contribution in [3.05, 3.63) is 0 Å². The lowest BCUT2D eigenvalue weighted by Crippen LogP contribution is -2.49. The molecule has 112 valence electrons. The minimum Gasteiger partial charge on any atom is -0.368 e. The summed E-state index contributed by atoms with van der Waals surface area (Å²) in [6.45, 7) is 0.759. The molecule has 0 spiro atoms. The highest BCUT2D eigenvalue weighted by Crippen LogP contribution is 2.30. The Hall–Kier alpha value is -0.940. The summed E-state index contributed by atoms with van der Waals surface area (Å²) in [6.07, 6.45) is 7.64. The van der Waals surface area contributed by atoms with Crippen LogP contribution in [0.1, 0.15) is 44.9 Å². The highest BCUT2D eigenvalue weighted by molar-refractivity contribution is 5.93. The summed E-state index contributed by atoms with van der Waals surface area (Å²) >= 11 is 0. The van der Waals surface area contributed by atoms with Crippen molar-refractivity contribution in [2.45, 2.75) is 63.1 Å². The first kappa shape index (κ1) is 14.0. The maximum atomic E-state index is 12.5. The van der Waals surface area contributed by atoms with Crippen LogP contribution in [0.15, 0.2) is 0 Å². The van der Waals surface area contributed by atoms with Gasteiger partial charge in [0, 0.05) is 6.54 Å². The van der Waals surface area contributed by atoms with E-state index in [-0.39, 0.29) is 30.4 Å². The summed E-state index contributed by atoms with van der Waals surface area (Å²) in [5.41, 5.74) is 6.11. The molecule has 1 aliphatic carbocycles. The highest BCUT2D eigenvalue weighted by atomic mass is 16.5. The number of nitrogens with two attached hydrogens (primary N) is 1. The Kier molecular flexibility index (Phi) is 4.08. The van der Waals surface area contributed by atoms with Crippen LogP contribution in [0.5, 0.6) is 0 Å². The number of Topliss-reactive ketones (excluding diaryl/α,β-unsaturated/α-hetero) is 1. The molecule has 0 aromatic heterocycles. The molecule has 0 aromatic carbocycles. The van der Waals surface area contributed by atoms with Crippen LogP contribution in [0.4, 0.5) is 0 Å². The Morgan fingerprint density at radius 1 is 1.30 bits per heavy atom. The first-order chi connectivity index (χ1) is 9.66. The number of carbonyl (C=O) groups is 2. The summed E-state index contributed by atoms with van der Waals surface area (Å²) in [7, 11) is 0. The molecule has 0 bridgehead atoms. The Morgan fingerprint density at radius 3 is 2.80 bits per heavy atom. The Labute approximate surface area is 119 Å². The van der Waals surface area contributed by atoms with Crippen LogP contribution in [0.25, 0.3) is 0 Å². The van der Waals surface area contributed by atoms with E-state index in [1.807, 2.05) is 0 Å². The normalized spacial score (nSPS) is 32.5. The predicted octanol–water partition coefficient (Wildman–Crippen LogP) is 0.853. The minimum absolute atomic E-state index is 0.0331. The molecule has 3 fully saturated rings. The molecule has 20 heavy (non-hydrogen) atoms. The van der Waals surface area contributed by atoms with Crippen LogP contribution >= 0.6 is 0 Å². The second-order valence-corrected chi connectivity index (χ2v) is 6.43. The van der Waals surface area contributed by atoms with Gasteiger partial charge in [0.15, 0.2) is 5.78 Å². The topological polar surface area (TPSA) is 72.6 Å². The SMILES string of the molecule is NC(CC1CCCCC1)C(=O)N1CCC2OCC(=O)C21. The lowest BCUT2D eigenvalue weighted by atomic mass is 9.84. The molecule has 2 saturated heterocycles. The van der Waals surface area contributed by atoms with Gasteiger partial charge in [0.1, 0.15) is 12.6 Å². The lowest BCUT2D eigenvalue weighted by molar-refractivity contribution is -0.137. The fourth-order valence-corrected chi connectivity index (χ4v) is 3.94. The van der Waals surface area contributed by atoms with E-state index in [0.29, 0.717) is 12.5 Å². The van der Waals surface area contributed by atoms with Gasteiger partial charge < -0.3 is 15.4 Å². The number of hydrogen-bond acceptors (Lipinski definition) is 4. The second-order valence-electron chi connectivity index (χ2n) is 6.43. The smallest absolute Gasteiger partial charge is 0.240 e. The number of hydrogen-bond donors (Lipinski definition) is 1. The average Bonchev–Trinajstić information content (AvgIpc) is 3.03. The largest absolute Gasteiger partial charge is 0.368 e. The van der Waals surface area contributed by atoms with Crippen LogP contribution in [0, 0.1) is 5.92 Å². The number of amides is 1. The standard InChI is InChI=1S/C15H24N2O3/c16-11(8-10-4-2-1-3-5-10)15(19)17-7-6-13-14(17)12(18)9-20-13/h10-11,13-14H,1-9,16H2. The summed E-state index contributed by atoms with van der Waals surface area (Å²) in [4.78, 5) is 26.0. The number of nitrogens with zero attached hydrogens (tertiary/aromatic N) is 1. The van der Waals surface area contributed by atoms with Gasteiger partial charge in [-0.25, -0.2) is 0 Å². The third kappa shape index (κ3) is 2.61. The van der Waals surface area contributed by atoms with Gasteiger partial charge in [-0.1, -0.05) is 32.1 Å². The van der Waals surface area contributed by atoms with Crippen molar-refractivity contribution in [3.63, 3.8) is 0 Å². The Balaban J connectivity index is 1.58. The van der Waals surface area contributed by atoms with Gasteiger partial charge in [-0.15, -0.1) is 0 Å². The summed E-state index contributed by atoms with van der Waals surface area (Å²) in [5, 5.41) is 0. The molecule has 5 heteroatoms. The third-order valence-electron chi connectivity index (χ3n) is 5.02. The van der Waals surface area contributed by atoms with E-state index in [1.165, 1.54) is 32.1 Å². The van der Waals surface area contributed by atoms with Gasteiger partial charge in [0.2, 0.25) is 5.91 Å². The zero-order valence-corrected chi connectivity index (χ0v) is 11.9. The summed E-state index contributed by atoms with van der Waals surface area (Å²) < 4.78 is 5.42. The van der Waals surface area contributed by atoms with Gasteiger partial charge in [-0.2, -0.15) is 0 Å². The summed E-state index contributed by atoms with van der Waals surface area (Å²) in [5.74, 6) is 0.560. The molecule has 3 rings (SSSR count). The molecular weight excluding hydrogens is 256 g/mol. The fourth-order valence-electron chi connectivity index (χ4n) is 3.94. The number of rotatable bonds is 3. The zero-order valence-electron chi connectivity index (χ0n) is 11.9. The maximum Gasteiger partial charge on any atom is 0.240 e. The van der Waals surface area contributed by atoms with Crippen molar-refractivity contribution >= 4 is 11.7 Å². The lowest BCUT2D eigenvalue weighted by Gasteiger charge is -2.28. The van der Waals surface area contributed by atoms with Crippen molar-refractivity contribution in [2.24, 2.45) is 11.7 Å². The van der Waals surface area contributed by atoms with Gasteiger partial charge in [0.25, 0.3) is 0 Å². The molecule has 3 unspecified atom stereocenters. The third-order valence-corrected chi connectivity index (χ3v) is 5.02. The van der Waals surface area contributed by atoms with E-state index in [2.05, 4.69) is 0 Å². The van der Waals surface area contributed by atoms with Crippen molar-refractivity contribution in [3.8, 4) is 0 Å². The molecule has 0 aromatic rings. The Bertz CT molecular complexity index is 393. The van der Waals surface area contributed by atoms with Gasteiger partial charge >= 0.3 is 0 Å². The molecule has 0 radical (unpaired) electrons. The monoisotopic (exact) mass is 280 g/mol. The van der Waals surface area contributed by atoms with Crippen molar-refractivity contribution in [2.75, 3.05) is 13.2 Å². The van der Waals surface area contributed by atoms with Crippen LogP contribution in [0.2, 0.25) is 0 Å². The number of likely N-dealkylation sites (tertiary alicyclic amines) is 1. The fraction of sp³-hybridized carbons (Fsp3) is 0.867. The summed E-state index contributed by atoms with van der Waals surface area (Å²) in [6, 6.07) is -0.815. The van der Waals surface area contributed by atoms with Crippen LogP contribution in [-0.2, 0) is 14.3 Å². The van der Waals surface area contributed by atoms with Gasteiger partial charge in [-0.3, -0.25) is 9.59 Å². The number of ketones is 1. The maximum absolute atomic E-state index is 12.5. The number of carbonyl (C=O) groups excluding carboxylic acids is 2. The first-order valence-electron chi connectivity index (χ1n) is 7.87. The average molecular weight is 280 g/mol. The van der Waals surface area contributed by atoms with E-state index in [9.17, 15) is 9.59 Å². The molecule has 1 amide bonds. The minimum atomic E-state index is -0.453. The van der Waals surface area contributed by atoms with E-state index in [4.69, 9.17) is 10.5 Å².